The van der Waals surface area contributed by atoms with Gasteiger partial charge in [0, 0.05) is 42.3 Å². The molecule has 4 rings (SSSR count). The van der Waals surface area contributed by atoms with Crippen LogP contribution in [0.15, 0.2) is 60.8 Å². The first-order valence-corrected chi connectivity index (χ1v) is 9.04. The fraction of sp³-hybridized carbons (Fsp3) is 0.227. The molecule has 0 saturated carbocycles. The minimum Gasteiger partial charge on any atom is -0.361 e. The van der Waals surface area contributed by atoms with Crippen molar-refractivity contribution in [2.45, 2.75) is 19.9 Å². The third-order valence-corrected chi connectivity index (χ3v) is 5.00. The molecule has 2 heterocycles. The van der Waals surface area contributed by atoms with Crippen LogP contribution >= 0.6 is 0 Å². The number of nitrogens with one attached hydrogen (secondary N) is 2. The van der Waals surface area contributed by atoms with E-state index in [4.69, 9.17) is 0 Å². The molecular weight excluding hydrogens is 322 g/mol. The van der Waals surface area contributed by atoms with Crippen LogP contribution in [0.2, 0.25) is 0 Å². The molecular formula is C22H23N3O. The van der Waals surface area contributed by atoms with Crippen molar-refractivity contribution in [3.05, 3.63) is 77.5 Å². The summed E-state index contributed by atoms with van der Waals surface area (Å²) >= 11 is 0. The van der Waals surface area contributed by atoms with Crippen molar-refractivity contribution >= 4 is 22.5 Å². The van der Waals surface area contributed by atoms with Crippen LogP contribution in [0.5, 0.6) is 0 Å². The lowest BCUT2D eigenvalue weighted by Crippen LogP contribution is -2.41. The van der Waals surface area contributed by atoms with Crippen LogP contribution in [-0.2, 0) is 6.54 Å². The van der Waals surface area contributed by atoms with E-state index in [9.17, 15) is 4.79 Å². The Hall–Kier alpha value is -3.01. The van der Waals surface area contributed by atoms with Gasteiger partial charge in [-0.1, -0.05) is 54.1 Å². The largest absolute Gasteiger partial charge is 0.361 e. The average molecular weight is 345 g/mol. The summed E-state index contributed by atoms with van der Waals surface area (Å²) in [5.74, 6) is 0. The number of para-hydroxylation sites is 1. The van der Waals surface area contributed by atoms with Gasteiger partial charge in [-0.2, -0.15) is 0 Å². The van der Waals surface area contributed by atoms with Gasteiger partial charge in [0.05, 0.1) is 0 Å². The van der Waals surface area contributed by atoms with Crippen LogP contribution in [0.4, 0.5) is 4.79 Å². The highest BCUT2D eigenvalue weighted by Crippen LogP contribution is 2.29. The zero-order chi connectivity index (χ0) is 17.9. The second-order valence-corrected chi connectivity index (χ2v) is 6.82. The lowest BCUT2D eigenvalue weighted by Gasteiger charge is -2.26. The minimum absolute atomic E-state index is 0.000184. The van der Waals surface area contributed by atoms with Crippen molar-refractivity contribution in [3.8, 4) is 0 Å². The molecule has 0 radical (unpaired) electrons. The van der Waals surface area contributed by atoms with Gasteiger partial charge in [0.1, 0.15) is 0 Å². The molecule has 3 aromatic rings. The highest BCUT2D eigenvalue weighted by Gasteiger charge is 2.19. The van der Waals surface area contributed by atoms with Gasteiger partial charge in [0.25, 0.3) is 0 Å². The molecule has 1 aliphatic heterocycles. The zero-order valence-electron chi connectivity index (χ0n) is 15.0. The summed E-state index contributed by atoms with van der Waals surface area (Å²) in [4.78, 5) is 17.6. The number of hydrogen-bond donors (Lipinski definition) is 2. The Morgan fingerprint density at radius 1 is 1.15 bits per heavy atom. The first kappa shape index (κ1) is 16.5. The normalized spacial score (nSPS) is 14.3. The van der Waals surface area contributed by atoms with Crippen molar-refractivity contribution in [2.75, 3.05) is 13.1 Å². The summed E-state index contributed by atoms with van der Waals surface area (Å²) in [6.45, 7) is 4.02. The SMILES string of the molecule is Cc1ccc(CNC(=O)N2CC=C(c3c[nH]c4ccccc34)CC2)cc1. The van der Waals surface area contributed by atoms with E-state index >= 15 is 0 Å². The van der Waals surface area contributed by atoms with E-state index in [-0.39, 0.29) is 6.03 Å². The molecule has 4 nitrogen and oxygen atoms in total. The number of benzene rings is 2. The maximum Gasteiger partial charge on any atom is 0.317 e. The van der Waals surface area contributed by atoms with Gasteiger partial charge in [0.2, 0.25) is 0 Å². The standard InChI is InChI=1S/C22H23N3O/c1-16-6-8-17(9-7-16)14-24-22(26)25-12-10-18(11-13-25)20-15-23-21-5-3-2-4-19(20)21/h2-10,15,23H,11-14H2,1H3,(H,24,26). The van der Waals surface area contributed by atoms with E-state index in [1.165, 1.54) is 22.1 Å². The number of aryl methyl sites for hydroxylation is 1. The molecule has 0 aliphatic carbocycles. The predicted molar refractivity (Wildman–Crippen MR) is 106 cm³/mol. The number of H-pyrrole nitrogens is 1. The Labute approximate surface area is 153 Å². The Kier molecular flexibility index (Phi) is 4.48. The van der Waals surface area contributed by atoms with Gasteiger partial charge < -0.3 is 15.2 Å². The van der Waals surface area contributed by atoms with E-state index in [0.29, 0.717) is 13.1 Å². The molecule has 2 amide bonds. The highest BCUT2D eigenvalue weighted by atomic mass is 16.2. The van der Waals surface area contributed by atoms with Crippen LogP contribution in [0.1, 0.15) is 23.1 Å². The number of amides is 2. The van der Waals surface area contributed by atoms with E-state index in [0.717, 1.165) is 24.0 Å². The summed E-state index contributed by atoms with van der Waals surface area (Å²) in [6.07, 6.45) is 5.12. The number of fused-ring (bicyclic) bond motifs is 1. The number of aromatic amines is 1. The maximum atomic E-state index is 12.4. The van der Waals surface area contributed by atoms with E-state index in [1.807, 2.05) is 11.0 Å². The Morgan fingerprint density at radius 2 is 1.96 bits per heavy atom. The molecule has 0 bridgehead atoms. The molecule has 1 aromatic heterocycles. The third kappa shape index (κ3) is 3.36. The maximum absolute atomic E-state index is 12.4. The van der Waals surface area contributed by atoms with Crippen LogP contribution in [0, 0.1) is 6.92 Å². The molecule has 132 valence electrons. The highest BCUT2D eigenvalue weighted by molar-refractivity contribution is 5.93. The second kappa shape index (κ2) is 7.08. The minimum atomic E-state index is -0.000184. The van der Waals surface area contributed by atoms with Gasteiger partial charge >= 0.3 is 6.03 Å². The lowest BCUT2D eigenvalue weighted by molar-refractivity contribution is 0.202. The topological polar surface area (TPSA) is 48.1 Å². The average Bonchev–Trinajstić information content (AvgIpc) is 3.11. The van der Waals surface area contributed by atoms with Gasteiger partial charge in [-0.25, -0.2) is 4.79 Å². The lowest BCUT2D eigenvalue weighted by atomic mass is 9.99. The van der Waals surface area contributed by atoms with Crippen LogP contribution in [0.25, 0.3) is 16.5 Å². The third-order valence-electron chi connectivity index (χ3n) is 5.00. The van der Waals surface area contributed by atoms with Gasteiger partial charge in [-0.15, -0.1) is 0 Å². The fourth-order valence-corrected chi connectivity index (χ4v) is 3.43. The zero-order valence-corrected chi connectivity index (χ0v) is 15.0. The number of rotatable bonds is 3. The van der Waals surface area contributed by atoms with Crippen molar-refractivity contribution in [1.29, 1.82) is 0 Å². The number of carbonyl (C=O) groups is 1. The van der Waals surface area contributed by atoms with Crippen LogP contribution < -0.4 is 5.32 Å². The van der Waals surface area contributed by atoms with Crippen molar-refractivity contribution in [3.63, 3.8) is 0 Å². The second-order valence-electron chi connectivity index (χ2n) is 6.82. The van der Waals surface area contributed by atoms with E-state index < -0.39 is 0 Å². The van der Waals surface area contributed by atoms with Crippen molar-refractivity contribution in [1.82, 2.24) is 15.2 Å². The molecule has 4 heteroatoms. The number of urea groups is 1. The summed E-state index contributed by atoms with van der Waals surface area (Å²) in [6, 6.07) is 16.6. The molecule has 0 unspecified atom stereocenters. The van der Waals surface area contributed by atoms with Gasteiger partial charge in [-0.05, 0) is 30.5 Å². The number of hydrogen-bond acceptors (Lipinski definition) is 1. The molecule has 1 aliphatic rings. The van der Waals surface area contributed by atoms with Crippen molar-refractivity contribution in [2.24, 2.45) is 0 Å². The molecule has 26 heavy (non-hydrogen) atoms. The first-order valence-electron chi connectivity index (χ1n) is 9.04. The van der Waals surface area contributed by atoms with E-state index in [2.05, 4.69) is 72.0 Å². The summed E-state index contributed by atoms with van der Waals surface area (Å²) < 4.78 is 0. The summed E-state index contributed by atoms with van der Waals surface area (Å²) in [5.41, 5.74) is 6.06. The Bertz CT molecular complexity index is 953. The Morgan fingerprint density at radius 3 is 2.73 bits per heavy atom. The summed E-state index contributed by atoms with van der Waals surface area (Å²) in [5, 5.41) is 4.27. The smallest absolute Gasteiger partial charge is 0.317 e. The molecule has 0 atom stereocenters. The Balaban J connectivity index is 1.39. The van der Waals surface area contributed by atoms with Crippen LogP contribution in [-0.4, -0.2) is 29.0 Å². The van der Waals surface area contributed by atoms with Crippen LogP contribution in [0.3, 0.4) is 0 Å². The monoisotopic (exact) mass is 345 g/mol. The predicted octanol–water partition coefficient (Wildman–Crippen LogP) is 4.48. The van der Waals surface area contributed by atoms with Gasteiger partial charge in [0.15, 0.2) is 0 Å². The molecule has 0 saturated heterocycles. The number of carbonyl (C=O) groups excluding carboxylic acids is 1. The fourth-order valence-electron chi connectivity index (χ4n) is 3.43. The molecule has 0 spiro atoms. The number of nitrogens with zero attached hydrogens (tertiary/aromatic N) is 1. The van der Waals surface area contributed by atoms with Crippen molar-refractivity contribution < 1.29 is 4.79 Å². The first-order chi connectivity index (χ1) is 12.7. The van der Waals surface area contributed by atoms with E-state index in [1.54, 1.807) is 0 Å². The molecule has 0 fully saturated rings. The van der Waals surface area contributed by atoms with Gasteiger partial charge in [-0.3, -0.25) is 0 Å². The molecule has 2 aromatic carbocycles. The summed E-state index contributed by atoms with van der Waals surface area (Å²) in [7, 11) is 0. The molecule has 2 N–H and O–H groups in total. The quantitative estimate of drug-likeness (QED) is 0.723. The number of aromatic nitrogens is 1.